The fourth-order valence-corrected chi connectivity index (χ4v) is 3.97. The van der Waals surface area contributed by atoms with Crippen molar-refractivity contribution in [3.8, 4) is 0 Å². The van der Waals surface area contributed by atoms with Crippen molar-refractivity contribution in [2.45, 2.75) is 31.7 Å². The van der Waals surface area contributed by atoms with Gasteiger partial charge in [0, 0.05) is 49.4 Å². The normalized spacial score (nSPS) is 16.2. The number of nitrogens with one attached hydrogen (secondary N) is 1. The molecule has 3 rings (SSSR count). The lowest BCUT2D eigenvalue weighted by molar-refractivity contribution is -0.145. The maximum Gasteiger partial charge on any atom is 0.451 e. The van der Waals surface area contributed by atoms with Crippen molar-refractivity contribution in [2.24, 2.45) is 5.73 Å². The summed E-state index contributed by atoms with van der Waals surface area (Å²) < 4.78 is 43.6. The standard InChI is InChI=1S/C23H29F3N6O3/c1-15(17-3-2-4-18(21(28)34)19(17)11-27)14-35-10-5-20(33)32-8-6-31(7-9-32)16-12-29-22(30-13-16)23(24,25)26/h2-4,11-13,15,21,27,34H,5-10,14,28H2,1H3. The van der Waals surface area contributed by atoms with Gasteiger partial charge in [-0.25, -0.2) is 9.97 Å². The van der Waals surface area contributed by atoms with E-state index in [4.69, 9.17) is 15.9 Å². The Bertz CT molecular complexity index is 1010. The number of aliphatic hydroxyl groups is 1. The number of piperazine rings is 1. The second kappa shape index (κ2) is 11.6. The Morgan fingerprint density at radius 3 is 2.43 bits per heavy atom. The molecule has 2 heterocycles. The molecule has 2 atom stereocenters. The minimum atomic E-state index is -4.58. The summed E-state index contributed by atoms with van der Waals surface area (Å²) in [6.07, 6.45) is -2.09. The molecule has 1 aliphatic heterocycles. The van der Waals surface area contributed by atoms with Crippen LogP contribution in [0.2, 0.25) is 0 Å². The summed E-state index contributed by atoms with van der Waals surface area (Å²) in [6, 6.07) is 5.29. The van der Waals surface area contributed by atoms with Gasteiger partial charge < -0.3 is 30.8 Å². The van der Waals surface area contributed by atoms with Gasteiger partial charge in [0.05, 0.1) is 37.7 Å². The molecule has 1 aromatic heterocycles. The van der Waals surface area contributed by atoms with Crippen LogP contribution in [0.5, 0.6) is 0 Å². The molecule has 1 fully saturated rings. The lowest BCUT2D eigenvalue weighted by Gasteiger charge is -2.35. The number of hydrogen-bond acceptors (Lipinski definition) is 8. The van der Waals surface area contributed by atoms with Gasteiger partial charge in [0.2, 0.25) is 11.7 Å². The smallest absolute Gasteiger partial charge is 0.380 e. The molecule has 0 saturated carbocycles. The van der Waals surface area contributed by atoms with Gasteiger partial charge in [-0.05, 0) is 5.56 Å². The molecule has 0 spiro atoms. The first-order chi connectivity index (χ1) is 16.6. The summed E-state index contributed by atoms with van der Waals surface area (Å²) >= 11 is 0. The Morgan fingerprint density at radius 1 is 1.23 bits per heavy atom. The van der Waals surface area contributed by atoms with E-state index in [1.165, 1.54) is 0 Å². The van der Waals surface area contributed by atoms with Crippen LogP contribution in [-0.2, 0) is 15.7 Å². The highest BCUT2D eigenvalue weighted by molar-refractivity contribution is 5.82. The topological polar surface area (TPSA) is 129 Å². The van der Waals surface area contributed by atoms with E-state index in [0.29, 0.717) is 49.6 Å². The molecule has 1 amide bonds. The molecule has 35 heavy (non-hydrogen) atoms. The number of rotatable bonds is 9. The van der Waals surface area contributed by atoms with Gasteiger partial charge in [-0.3, -0.25) is 4.79 Å². The van der Waals surface area contributed by atoms with Crippen molar-refractivity contribution in [1.29, 1.82) is 5.41 Å². The van der Waals surface area contributed by atoms with E-state index in [2.05, 4.69) is 9.97 Å². The van der Waals surface area contributed by atoms with Crippen molar-refractivity contribution in [3.05, 3.63) is 53.1 Å². The molecule has 0 aliphatic carbocycles. The highest BCUT2D eigenvalue weighted by Gasteiger charge is 2.34. The van der Waals surface area contributed by atoms with E-state index in [-0.39, 0.29) is 24.9 Å². The third kappa shape index (κ3) is 6.74. The molecular weight excluding hydrogens is 465 g/mol. The second-order valence-corrected chi connectivity index (χ2v) is 8.30. The van der Waals surface area contributed by atoms with Gasteiger partial charge in [-0.15, -0.1) is 0 Å². The highest BCUT2D eigenvalue weighted by Crippen LogP contribution is 2.27. The number of ether oxygens (including phenoxy) is 1. The Morgan fingerprint density at radius 2 is 1.86 bits per heavy atom. The first-order valence-electron chi connectivity index (χ1n) is 11.2. The fourth-order valence-electron chi connectivity index (χ4n) is 3.97. The average Bonchev–Trinajstić information content (AvgIpc) is 2.85. The van der Waals surface area contributed by atoms with E-state index in [0.717, 1.165) is 24.2 Å². The van der Waals surface area contributed by atoms with Crippen LogP contribution in [0, 0.1) is 5.41 Å². The number of alkyl halides is 3. The first-order valence-corrected chi connectivity index (χ1v) is 11.2. The predicted octanol–water partition coefficient (Wildman–Crippen LogP) is 2.30. The number of nitrogens with zero attached hydrogens (tertiary/aromatic N) is 4. The summed E-state index contributed by atoms with van der Waals surface area (Å²) in [5, 5.41) is 17.4. The number of carbonyl (C=O) groups excluding carboxylic acids is 1. The van der Waals surface area contributed by atoms with Crippen LogP contribution < -0.4 is 10.6 Å². The van der Waals surface area contributed by atoms with Gasteiger partial charge >= 0.3 is 6.18 Å². The number of nitrogens with two attached hydrogens (primary N) is 1. The van der Waals surface area contributed by atoms with Gasteiger partial charge in [0.1, 0.15) is 6.23 Å². The summed E-state index contributed by atoms with van der Waals surface area (Å²) in [5.41, 5.74) is 7.93. The minimum Gasteiger partial charge on any atom is -0.380 e. The van der Waals surface area contributed by atoms with Gasteiger partial charge in [-0.1, -0.05) is 25.1 Å². The van der Waals surface area contributed by atoms with Crippen LogP contribution in [-0.4, -0.2) is 71.5 Å². The average molecular weight is 495 g/mol. The number of anilines is 1. The summed E-state index contributed by atoms with van der Waals surface area (Å²) in [6.45, 7) is 4.30. The number of hydrogen-bond donors (Lipinski definition) is 3. The van der Waals surface area contributed by atoms with Crippen molar-refractivity contribution in [3.63, 3.8) is 0 Å². The first kappa shape index (κ1) is 26.5. The van der Waals surface area contributed by atoms with Crippen LogP contribution in [0.3, 0.4) is 0 Å². The third-order valence-corrected chi connectivity index (χ3v) is 5.88. The van der Waals surface area contributed by atoms with E-state index in [1.807, 2.05) is 17.9 Å². The second-order valence-electron chi connectivity index (χ2n) is 8.30. The predicted molar refractivity (Wildman–Crippen MR) is 123 cm³/mol. The number of aromatic nitrogens is 2. The molecule has 1 saturated heterocycles. The van der Waals surface area contributed by atoms with Crippen LogP contribution in [0.25, 0.3) is 0 Å². The maximum absolute atomic E-state index is 12.6. The highest BCUT2D eigenvalue weighted by atomic mass is 19.4. The van der Waals surface area contributed by atoms with Gasteiger partial charge in [0.25, 0.3) is 0 Å². The minimum absolute atomic E-state index is 0.0607. The Kier molecular flexibility index (Phi) is 8.76. The zero-order valence-electron chi connectivity index (χ0n) is 19.3. The number of aliphatic hydroxyl groups excluding tert-OH is 1. The Balaban J connectivity index is 1.43. The maximum atomic E-state index is 12.6. The monoisotopic (exact) mass is 494 g/mol. The largest absolute Gasteiger partial charge is 0.451 e. The van der Waals surface area contributed by atoms with Crippen LogP contribution in [0.4, 0.5) is 18.9 Å². The van der Waals surface area contributed by atoms with Crippen molar-refractivity contribution < 1.29 is 27.8 Å². The Hall–Kier alpha value is -3.09. The van der Waals surface area contributed by atoms with Gasteiger partial charge in [0.15, 0.2) is 0 Å². The van der Waals surface area contributed by atoms with Crippen LogP contribution >= 0.6 is 0 Å². The lowest BCUT2D eigenvalue weighted by atomic mass is 9.92. The van der Waals surface area contributed by atoms with Crippen molar-refractivity contribution in [2.75, 3.05) is 44.3 Å². The Labute approximate surface area is 201 Å². The molecule has 190 valence electrons. The molecule has 1 aromatic carbocycles. The quantitative estimate of drug-likeness (QED) is 0.277. The zero-order chi connectivity index (χ0) is 25.6. The molecule has 9 nitrogen and oxygen atoms in total. The summed E-state index contributed by atoms with van der Waals surface area (Å²) in [4.78, 5) is 22.8. The van der Waals surface area contributed by atoms with Crippen LogP contribution in [0.1, 0.15) is 48.0 Å². The summed E-state index contributed by atoms with van der Waals surface area (Å²) in [7, 11) is 0. The van der Waals surface area contributed by atoms with E-state index in [9.17, 15) is 23.1 Å². The number of halogens is 3. The number of amides is 1. The molecule has 2 unspecified atom stereocenters. The van der Waals surface area contributed by atoms with Gasteiger partial charge in [-0.2, -0.15) is 13.2 Å². The fraction of sp³-hybridized carbons (Fsp3) is 0.478. The molecule has 12 heteroatoms. The molecule has 4 N–H and O–H groups in total. The lowest BCUT2D eigenvalue weighted by Crippen LogP contribution is -2.49. The molecular formula is C23H29F3N6O3. The zero-order valence-corrected chi connectivity index (χ0v) is 19.3. The number of benzene rings is 1. The summed E-state index contributed by atoms with van der Waals surface area (Å²) in [5.74, 6) is -1.31. The van der Waals surface area contributed by atoms with Crippen molar-refractivity contribution >= 4 is 17.8 Å². The molecule has 1 aliphatic rings. The SMILES string of the molecule is CC(COCCC(=O)N1CCN(c2cnc(C(F)(F)F)nc2)CC1)c1cccc(C(N)O)c1C=N. The molecule has 0 radical (unpaired) electrons. The molecule has 0 bridgehead atoms. The van der Waals surface area contributed by atoms with E-state index < -0.39 is 18.2 Å². The van der Waals surface area contributed by atoms with Crippen LogP contribution in [0.15, 0.2) is 30.6 Å². The van der Waals surface area contributed by atoms with E-state index in [1.54, 1.807) is 17.0 Å². The number of carbonyl (C=O) groups is 1. The molecule has 2 aromatic rings. The van der Waals surface area contributed by atoms with E-state index >= 15 is 0 Å². The third-order valence-electron chi connectivity index (χ3n) is 5.88. The van der Waals surface area contributed by atoms with Crippen molar-refractivity contribution in [1.82, 2.24) is 14.9 Å².